The van der Waals surface area contributed by atoms with Crippen LogP contribution in [0.15, 0.2) is 0 Å². The van der Waals surface area contributed by atoms with Crippen LogP contribution in [0.4, 0.5) is 0 Å². The molecule has 2 heterocycles. The molecular weight excluding hydrogens is 178 g/mol. The summed E-state index contributed by atoms with van der Waals surface area (Å²) in [5.41, 5.74) is 0. The van der Waals surface area contributed by atoms with Crippen LogP contribution in [-0.4, -0.2) is 47.5 Å². The van der Waals surface area contributed by atoms with Gasteiger partial charge in [0.1, 0.15) is 11.7 Å². The molecule has 12 heavy (non-hydrogen) atoms. The Bertz CT molecular complexity index is 233. The first-order valence-electron chi connectivity index (χ1n) is 3.71. The molecule has 66 valence electrons. The lowest BCUT2D eigenvalue weighted by molar-refractivity contribution is -0.164. The van der Waals surface area contributed by atoms with Gasteiger partial charge in [-0.25, -0.2) is 0 Å². The third-order valence-electron chi connectivity index (χ3n) is 2.24. The molecule has 0 aliphatic carbocycles. The molecule has 3 atom stereocenters. The van der Waals surface area contributed by atoms with E-state index in [1.807, 2.05) is 0 Å². The number of ether oxygens (including phenoxy) is 1. The summed E-state index contributed by atoms with van der Waals surface area (Å²) in [6.45, 7) is 0. The number of hydrogen-bond acceptors (Lipinski definition) is 4. The van der Waals surface area contributed by atoms with Gasteiger partial charge in [-0.15, -0.1) is 11.8 Å². The van der Waals surface area contributed by atoms with Gasteiger partial charge in [0.2, 0.25) is 0 Å². The summed E-state index contributed by atoms with van der Waals surface area (Å²) in [6.07, 6.45) is 0.511. The maximum atomic E-state index is 11.3. The number of carbonyl (C=O) groups excluding carboxylic acids is 2. The summed E-state index contributed by atoms with van der Waals surface area (Å²) in [5, 5.41) is 0.0812. The van der Waals surface area contributed by atoms with E-state index in [2.05, 4.69) is 0 Å². The maximum Gasteiger partial charge on any atom is 0.256 e. The van der Waals surface area contributed by atoms with Crippen LogP contribution in [0.1, 0.15) is 0 Å². The minimum Gasteiger partial charge on any atom is -0.368 e. The van der Waals surface area contributed by atoms with E-state index in [0.29, 0.717) is 5.75 Å². The number of hydrogen-bond donors (Lipinski definition) is 0. The van der Waals surface area contributed by atoms with E-state index < -0.39 is 0 Å². The van der Waals surface area contributed by atoms with Gasteiger partial charge < -0.3 is 14.4 Å². The third kappa shape index (κ3) is 0.834. The van der Waals surface area contributed by atoms with Gasteiger partial charge >= 0.3 is 0 Å². The molecule has 1 unspecified atom stereocenters. The van der Waals surface area contributed by atoms with Crippen molar-refractivity contribution in [3.63, 3.8) is 0 Å². The first-order valence-corrected chi connectivity index (χ1v) is 4.76. The molecule has 2 aliphatic rings. The lowest BCUT2D eigenvalue weighted by Gasteiger charge is -2.41. The number of rotatable bonds is 2. The number of aldehydes is 1. The van der Waals surface area contributed by atoms with Crippen LogP contribution in [0.3, 0.4) is 0 Å². The molecule has 1 amide bonds. The SMILES string of the molecule is CO[C@H]1C(=O)N2C(C=O)CS[C@@H]12. The highest BCUT2D eigenvalue weighted by molar-refractivity contribution is 8.00. The first-order chi connectivity index (χ1) is 5.79. The van der Waals surface area contributed by atoms with Gasteiger partial charge in [-0.1, -0.05) is 0 Å². The van der Waals surface area contributed by atoms with Crippen molar-refractivity contribution >= 4 is 24.0 Å². The van der Waals surface area contributed by atoms with E-state index in [0.717, 1.165) is 6.29 Å². The van der Waals surface area contributed by atoms with Crippen LogP contribution in [0.25, 0.3) is 0 Å². The Morgan fingerprint density at radius 1 is 1.75 bits per heavy atom. The summed E-state index contributed by atoms with van der Waals surface area (Å²) < 4.78 is 4.98. The molecule has 0 radical (unpaired) electrons. The molecule has 2 saturated heterocycles. The van der Waals surface area contributed by atoms with Crippen molar-refractivity contribution in [3.8, 4) is 0 Å². The largest absolute Gasteiger partial charge is 0.368 e. The zero-order valence-corrected chi connectivity index (χ0v) is 7.41. The fourth-order valence-electron chi connectivity index (χ4n) is 1.58. The van der Waals surface area contributed by atoms with Crippen LogP contribution in [-0.2, 0) is 14.3 Å². The Morgan fingerprint density at radius 2 is 2.50 bits per heavy atom. The van der Waals surface area contributed by atoms with Gasteiger partial charge in [0.15, 0.2) is 6.10 Å². The predicted octanol–water partition coefficient (Wildman–Crippen LogP) is -0.516. The van der Waals surface area contributed by atoms with Gasteiger partial charge in [-0.2, -0.15) is 0 Å². The highest BCUT2D eigenvalue weighted by Crippen LogP contribution is 2.39. The van der Waals surface area contributed by atoms with Crippen molar-refractivity contribution in [2.75, 3.05) is 12.9 Å². The second-order valence-corrected chi connectivity index (χ2v) is 3.98. The van der Waals surface area contributed by atoms with Crippen molar-refractivity contribution in [3.05, 3.63) is 0 Å². The topological polar surface area (TPSA) is 46.6 Å². The van der Waals surface area contributed by atoms with Gasteiger partial charge in [-0.3, -0.25) is 4.79 Å². The smallest absolute Gasteiger partial charge is 0.256 e. The van der Waals surface area contributed by atoms with Crippen molar-refractivity contribution in [2.45, 2.75) is 17.5 Å². The Kier molecular flexibility index (Phi) is 1.84. The molecule has 0 aromatic heterocycles. The molecule has 5 heteroatoms. The van der Waals surface area contributed by atoms with Crippen molar-refractivity contribution in [1.29, 1.82) is 0 Å². The van der Waals surface area contributed by atoms with Crippen molar-refractivity contribution < 1.29 is 14.3 Å². The second kappa shape index (κ2) is 2.74. The molecule has 4 nitrogen and oxygen atoms in total. The highest BCUT2D eigenvalue weighted by Gasteiger charge is 2.55. The van der Waals surface area contributed by atoms with E-state index in [9.17, 15) is 9.59 Å². The summed E-state index contributed by atoms with van der Waals surface area (Å²) in [4.78, 5) is 23.4. The number of thioether (sulfide) groups is 1. The lowest BCUT2D eigenvalue weighted by atomic mass is 10.1. The number of methoxy groups -OCH3 is 1. The van der Waals surface area contributed by atoms with E-state index in [4.69, 9.17) is 4.74 Å². The summed E-state index contributed by atoms with van der Waals surface area (Å²) in [7, 11) is 1.52. The molecule has 0 saturated carbocycles. The quantitative estimate of drug-likeness (QED) is 0.431. The molecule has 2 fully saturated rings. The number of β-lactam (4-membered cyclic amide) rings is 1. The minimum atomic E-state index is -0.319. The Hall–Kier alpha value is -0.550. The third-order valence-corrected chi connectivity index (χ3v) is 3.59. The molecule has 0 aromatic carbocycles. The minimum absolute atomic E-state index is 0.0513. The standard InChI is InChI=1S/C7H9NO3S/c1-11-5-6(10)8-4(2-9)3-12-7(5)8/h2,4-5,7H,3H2,1H3/t4?,5-,7-/m0/s1. The van der Waals surface area contributed by atoms with Crippen LogP contribution < -0.4 is 0 Å². The number of amides is 1. The van der Waals surface area contributed by atoms with Crippen LogP contribution in [0.2, 0.25) is 0 Å². The molecule has 2 aliphatic heterocycles. The van der Waals surface area contributed by atoms with E-state index in [1.165, 1.54) is 7.11 Å². The molecule has 0 bridgehead atoms. The first kappa shape index (κ1) is 8.07. The summed E-state index contributed by atoms with van der Waals surface area (Å²) in [6, 6.07) is -0.223. The average molecular weight is 187 g/mol. The maximum absolute atomic E-state index is 11.3. The van der Waals surface area contributed by atoms with E-state index in [-0.39, 0.29) is 23.4 Å². The fourth-order valence-corrected chi connectivity index (χ4v) is 3.03. The Morgan fingerprint density at radius 3 is 3.08 bits per heavy atom. The molecule has 0 N–H and O–H groups in total. The van der Waals surface area contributed by atoms with Crippen LogP contribution >= 0.6 is 11.8 Å². The summed E-state index contributed by atoms with van der Waals surface area (Å²) in [5.74, 6) is 0.657. The highest BCUT2D eigenvalue weighted by atomic mass is 32.2. The van der Waals surface area contributed by atoms with Gasteiger partial charge in [-0.05, 0) is 0 Å². The lowest BCUT2D eigenvalue weighted by Crippen LogP contribution is -2.64. The average Bonchev–Trinajstić information content (AvgIpc) is 2.44. The van der Waals surface area contributed by atoms with E-state index >= 15 is 0 Å². The number of carbonyl (C=O) groups is 2. The number of nitrogens with zero attached hydrogens (tertiary/aromatic N) is 1. The molecule has 2 rings (SSSR count). The van der Waals surface area contributed by atoms with Crippen molar-refractivity contribution in [1.82, 2.24) is 4.90 Å². The van der Waals surface area contributed by atoms with Gasteiger partial charge in [0, 0.05) is 12.9 Å². The Balaban J connectivity index is 2.11. The fraction of sp³-hybridized carbons (Fsp3) is 0.714. The second-order valence-electron chi connectivity index (χ2n) is 2.83. The van der Waals surface area contributed by atoms with Crippen LogP contribution in [0, 0.1) is 0 Å². The number of fused-ring (bicyclic) bond motifs is 1. The molecule has 0 spiro atoms. The zero-order valence-electron chi connectivity index (χ0n) is 6.60. The summed E-state index contributed by atoms with van der Waals surface area (Å²) >= 11 is 1.61. The zero-order chi connectivity index (χ0) is 8.72. The molecular formula is C7H9NO3S. The van der Waals surface area contributed by atoms with Gasteiger partial charge in [0.05, 0.1) is 6.04 Å². The predicted molar refractivity (Wildman–Crippen MR) is 43.7 cm³/mol. The Labute approximate surface area is 74.2 Å². The van der Waals surface area contributed by atoms with Crippen molar-refractivity contribution in [2.24, 2.45) is 0 Å². The monoisotopic (exact) mass is 187 g/mol. The normalized spacial score (nSPS) is 39.2. The van der Waals surface area contributed by atoms with E-state index in [1.54, 1.807) is 16.7 Å². The molecule has 0 aromatic rings. The van der Waals surface area contributed by atoms with Crippen LogP contribution in [0.5, 0.6) is 0 Å². The van der Waals surface area contributed by atoms with Gasteiger partial charge in [0.25, 0.3) is 5.91 Å².